The van der Waals surface area contributed by atoms with Gasteiger partial charge in [0.2, 0.25) is 0 Å². The summed E-state index contributed by atoms with van der Waals surface area (Å²) in [5.41, 5.74) is 0. The second-order valence-electron chi connectivity index (χ2n) is 5.07. The highest BCUT2D eigenvalue weighted by molar-refractivity contribution is 5.60. The molecule has 15 heavy (non-hydrogen) atoms. The lowest BCUT2D eigenvalue weighted by molar-refractivity contribution is -0.188. The summed E-state index contributed by atoms with van der Waals surface area (Å²) in [6.45, 7) is 0.848. The van der Waals surface area contributed by atoms with E-state index in [-0.39, 0.29) is 6.29 Å². The van der Waals surface area contributed by atoms with E-state index < -0.39 is 0 Å². The summed E-state index contributed by atoms with van der Waals surface area (Å²) in [5, 5.41) is 0. The molecule has 1 heterocycles. The van der Waals surface area contributed by atoms with E-state index in [9.17, 15) is 4.79 Å². The van der Waals surface area contributed by atoms with Gasteiger partial charge in [-0.2, -0.15) is 0 Å². The Morgan fingerprint density at radius 2 is 2.00 bits per heavy atom. The van der Waals surface area contributed by atoms with Gasteiger partial charge in [-0.05, 0) is 43.9 Å². The minimum atomic E-state index is 0.0379. The van der Waals surface area contributed by atoms with Crippen LogP contribution in [0.2, 0.25) is 0 Å². The predicted octanol–water partition coefficient (Wildman–Crippen LogP) is 1.75. The van der Waals surface area contributed by atoms with Crippen LogP contribution in [-0.4, -0.2) is 25.3 Å². The van der Waals surface area contributed by atoms with Crippen LogP contribution < -0.4 is 0 Å². The van der Waals surface area contributed by atoms with Crippen LogP contribution in [0.3, 0.4) is 0 Å². The van der Waals surface area contributed by atoms with Gasteiger partial charge in [0.15, 0.2) is 6.29 Å². The van der Waals surface area contributed by atoms with E-state index >= 15 is 0 Å². The number of carbonyl (C=O) groups is 1. The number of hydrogen-bond acceptors (Lipinski definition) is 3. The van der Waals surface area contributed by atoms with E-state index in [0.29, 0.717) is 23.9 Å². The SMILES string of the molecule is O=CC1C2CC(OC3CCCCO3)CC12. The fourth-order valence-electron chi connectivity index (χ4n) is 3.19. The average molecular weight is 210 g/mol. The maximum atomic E-state index is 10.6. The van der Waals surface area contributed by atoms with E-state index in [4.69, 9.17) is 9.47 Å². The molecule has 0 aromatic carbocycles. The van der Waals surface area contributed by atoms with Crippen molar-refractivity contribution in [1.82, 2.24) is 0 Å². The number of rotatable bonds is 3. The summed E-state index contributed by atoms with van der Waals surface area (Å²) in [6.07, 6.45) is 7.12. The van der Waals surface area contributed by atoms with Gasteiger partial charge in [-0.3, -0.25) is 0 Å². The van der Waals surface area contributed by atoms with Gasteiger partial charge in [0.1, 0.15) is 6.29 Å². The zero-order valence-electron chi connectivity index (χ0n) is 8.93. The van der Waals surface area contributed by atoms with Crippen molar-refractivity contribution in [2.75, 3.05) is 6.61 Å². The van der Waals surface area contributed by atoms with Crippen LogP contribution >= 0.6 is 0 Å². The molecule has 0 radical (unpaired) electrons. The first-order chi connectivity index (χ1) is 7.38. The van der Waals surface area contributed by atoms with E-state index in [2.05, 4.69) is 0 Å². The maximum absolute atomic E-state index is 10.6. The zero-order chi connectivity index (χ0) is 10.3. The zero-order valence-corrected chi connectivity index (χ0v) is 8.93. The van der Waals surface area contributed by atoms with Crippen molar-refractivity contribution < 1.29 is 14.3 Å². The van der Waals surface area contributed by atoms with E-state index in [1.165, 1.54) is 12.8 Å². The Morgan fingerprint density at radius 1 is 1.20 bits per heavy atom. The number of fused-ring (bicyclic) bond motifs is 1. The molecule has 0 bridgehead atoms. The Kier molecular flexibility index (Phi) is 2.53. The molecule has 0 aromatic rings. The van der Waals surface area contributed by atoms with Crippen molar-refractivity contribution in [3.63, 3.8) is 0 Å². The third-order valence-electron chi connectivity index (χ3n) is 4.11. The molecular formula is C12H18O3. The summed E-state index contributed by atoms with van der Waals surface area (Å²) in [7, 11) is 0. The molecule has 0 N–H and O–H groups in total. The molecular weight excluding hydrogens is 192 g/mol. The number of hydrogen-bond donors (Lipinski definition) is 0. The molecule has 1 saturated heterocycles. The first kappa shape index (κ1) is 9.79. The van der Waals surface area contributed by atoms with Crippen molar-refractivity contribution in [2.24, 2.45) is 17.8 Å². The molecule has 2 saturated carbocycles. The Labute approximate surface area is 90.1 Å². The molecule has 3 rings (SSSR count). The monoisotopic (exact) mass is 210 g/mol. The van der Waals surface area contributed by atoms with E-state index in [0.717, 1.165) is 32.2 Å². The molecule has 3 aliphatic rings. The fourth-order valence-corrected chi connectivity index (χ4v) is 3.19. The Morgan fingerprint density at radius 3 is 2.60 bits per heavy atom. The van der Waals surface area contributed by atoms with Crippen molar-refractivity contribution >= 4 is 6.29 Å². The largest absolute Gasteiger partial charge is 0.353 e. The Balaban J connectivity index is 1.45. The number of carbonyl (C=O) groups excluding carboxylic acids is 1. The number of ether oxygens (including phenoxy) is 2. The third kappa shape index (κ3) is 1.83. The van der Waals surface area contributed by atoms with Gasteiger partial charge in [-0.1, -0.05) is 0 Å². The van der Waals surface area contributed by atoms with Gasteiger partial charge >= 0.3 is 0 Å². The Hall–Kier alpha value is -0.410. The maximum Gasteiger partial charge on any atom is 0.157 e. The molecule has 3 unspecified atom stereocenters. The first-order valence-corrected chi connectivity index (χ1v) is 6.11. The summed E-state index contributed by atoms with van der Waals surface area (Å²) >= 11 is 0. The smallest absolute Gasteiger partial charge is 0.157 e. The van der Waals surface area contributed by atoms with Gasteiger partial charge in [0.05, 0.1) is 6.10 Å². The summed E-state index contributed by atoms with van der Waals surface area (Å²) in [6, 6.07) is 0. The minimum Gasteiger partial charge on any atom is -0.353 e. The lowest BCUT2D eigenvalue weighted by Gasteiger charge is -2.26. The van der Waals surface area contributed by atoms with E-state index in [1.54, 1.807) is 0 Å². The van der Waals surface area contributed by atoms with Crippen molar-refractivity contribution in [1.29, 1.82) is 0 Å². The average Bonchev–Trinajstić information content (AvgIpc) is 2.75. The molecule has 0 amide bonds. The predicted molar refractivity (Wildman–Crippen MR) is 54.2 cm³/mol. The molecule has 3 nitrogen and oxygen atoms in total. The molecule has 1 aliphatic heterocycles. The number of aldehydes is 1. The molecule has 3 heteroatoms. The van der Waals surface area contributed by atoms with Gasteiger partial charge in [-0.25, -0.2) is 0 Å². The highest BCUT2D eigenvalue weighted by Crippen LogP contribution is 2.57. The third-order valence-corrected chi connectivity index (χ3v) is 4.11. The second-order valence-corrected chi connectivity index (χ2v) is 5.07. The van der Waals surface area contributed by atoms with Gasteiger partial charge < -0.3 is 14.3 Å². The molecule has 3 atom stereocenters. The lowest BCUT2D eigenvalue weighted by atomic mass is 10.1. The summed E-state index contributed by atoms with van der Waals surface area (Å²) in [5.74, 6) is 1.63. The van der Waals surface area contributed by atoms with Crippen LogP contribution in [-0.2, 0) is 14.3 Å². The second kappa shape index (κ2) is 3.87. The normalized spacial score (nSPS) is 48.7. The van der Waals surface area contributed by atoms with Crippen LogP contribution in [0.4, 0.5) is 0 Å². The highest BCUT2D eigenvalue weighted by atomic mass is 16.7. The highest BCUT2D eigenvalue weighted by Gasteiger charge is 2.56. The summed E-state index contributed by atoms with van der Waals surface area (Å²) in [4.78, 5) is 10.6. The lowest BCUT2D eigenvalue weighted by Crippen LogP contribution is -2.27. The van der Waals surface area contributed by atoms with Crippen molar-refractivity contribution in [3.05, 3.63) is 0 Å². The Bertz CT molecular complexity index is 235. The van der Waals surface area contributed by atoms with E-state index in [1.807, 2.05) is 0 Å². The van der Waals surface area contributed by atoms with Crippen LogP contribution in [0.1, 0.15) is 32.1 Å². The first-order valence-electron chi connectivity index (χ1n) is 6.11. The summed E-state index contributed by atoms with van der Waals surface area (Å²) < 4.78 is 11.5. The molecule has 2 aliphatic carbocycles. The van der Waals surface area contributed by atoms with Crippen molar-refractivity contribution in [2.45, 2.75) is 44.5 Å². The van der Waals surface area contributed by atoms with Gasteiger partial charge in [-0.15, -0.1) is 0 Å². The van der Waals surface area contributed by atoms with Crippen LogP contribution in [0.25, 0.3) is 0 Å². The topological polar surface area (TPSA) is 35.5 Å². The standard InChI is InChI=1S/C12H18O3/c13-7-11-9-5-8(6-10(9)11)15-12-3-1-2-4-14-12/h7-12H,1-6H2. The molecule has 0 aromatic heterocycles. The molecule has 0 spiro atoms. The van der Waals surface area contributed by atoms with Crippen LogP contribution in [0.5, 0.6) is 0 Å². The fraction of sp³-hybridized carbons (Fsp3) is 0.917. The van der Waals surface area contributed by atoms with Crippen LogP contribution in [0.15, 0.2) is 0 Å². The van der Waals surface area contributed by atoms with Crippen molar-refractivity contribution in [3.8, 4) is 0 Å². The van der Waals surface area contributed by atoms with Crippen LogP contribution in [0, 0.1) is 17.8 Å². The molecule has 3 fully saturated rings. The minimum absolute atomic E-state index is 0.0379. The molecule has 84 valence electrons. The van der Waals surface area contributed by atoms with Gasteiger partial charge in [0, 0.05) is 12.5 Å². The quantitative estimate of drug-likeness (QED) is 0.666. The van der Waals surface area contributed by atoms with Gasteiger partial charge in [0.25, 0.3) is 0 Å².